The second-order valence-corrected chi connectivity index (χ2v) is 11.1. The fourth-order valence-electron chi connectivity index (χ4n) is 3.67. The van der Waals surface area contributed by atoms with Gasteiger partial charge in [-0.05, 0) is 0 Å². The number of fused-ring (bicyclic) bond motifs is 8. The molecule has 0 amide bonds. The Hall–Kier alpha value is -2.38. The van der Waals surface area contributed by atoms with Gasteiger partial charge < -0.3 is 0 Å². The first-order valence-corrected chi connectivity index (χ1v) is 11.3. The van der Waals surface area contributed by atoms with E-state index in [4.69, 9.17) is 4.98 Å². The van der Waals surface area contributed by atoms with Crippen LogP contribution in [0.2, 0.25) is 0 Å². The van der Waals surface area contributed by atoms with E-state index in [1.807, 2.05) is 6.07 Å². The Balaban J connectivity index is 2.10. The van der Waals surface area contributed by atoms with Gasteiger partial charge in [-0.25, -0.2) is 0 Å². The van der Waals surface area contributed by atoms with Crippen LogP contribution in [0.4, 0.5) is 0 Å². The van der Waals surface area contributed by atoms with Gasteiger partial charge >= 0.3 is 147 Å². The van der Waals surface area contributed by atoms with Gasteiger partial charge in [0, 0.05) is 0 Å². The van der Waals surface area contributed by atoms with Crippen molar-refractivity contribution < 1.29 is 0 Å². The summed E-state index contributed by atoms with van der Waals surface area (Å²) in [7, 11) is 4.41. The molecule has 0 unspecified atom stereocenters. The van der Waals surface area contributed by atoms with E-state index in [0.717, 1.165) is 16.7 Å². The maximum absolute atomic E-state index is 4.94. The van der Waals surface area contributed by atoms with Crippen LogP contribution in [0.1, 0.15) is 0 Å². The van der Waals surface area contributed by atoms with Crippen molar-refractivity contribution in [3.63, 3.8) is 0 Å². The fourth-order valence-corrected chi connectivity index (χ4v) is 4.63. The molecule has 0 aliphatic rings. The Morgan fingerprint density at radius 1 is 0.800 bits per heavy atom. The number of para-hydroxylation sites is 3. The number of hydrogen-bond donors (Lipinski definition) is 0. The normalized spacial score (nSPS) is 12.5. The van der Waals surface area contributed by atoms with E-state index in [0.29, 0.717) is 0 Å². The SMILES string of the molecule is B=P(C)(C)c1ccc2c(c1)c1ccccc1n1c3ccccc3nc21. The van der Waals surface area contributed by atoms with Crippen LogP contribution in [-0.2, 0) is 0 Å². The molecule has 0 aliphatic carbocycles. The predicted molar refractivity (Wildman–Crippen MR) is 113 cm³/mol. The Morgan fingerprint density at radius 2 is 1.52 bits per heavy atom. The third-order valence-electron chi connectivity index (χ3n) is 4.94. The number of aromatic nitrogens is 2. The molecule has 0 radical (unpaired) electrons. The molecule has 0 saturated heterocycles. The van der Waals surface area contributed by atoms with E-state index >= 15 is 0 Å². The monoisotopic (exact) mass is 340 g/mol. The molecule has 0 saturated carbocycles. The molecule has 120 valence electrons. The molecule has 0 atom stereocenters. The van der Waals surface area contributed by atoms with Crippen molar-refractivity contribution >= 4 is 57.6 Å². The molecule has 0 bridgehead atoms. The number of benzene rings is 3. The first-order chi connectivity index (χ1) is 12.0. The van der Waals surface area contributed by atoms with E-state index in [9.17, 15) is 0 Å². The number of hydrogen-bond acceptors (Lipinski definition) is 1. The van der Waals surface area contributed by atoms with Crippen molar-refractivity contribution in [3.8, 4) is 0 Å². The van der Waals surface area contributed by atoms with Crippen LogP contribution < -0.4 is 5.30 Å². The maximum atomic E-state index is 4.94. The van der Waals surface area contributed by atoms with E-state index in [1.165, 1.54) is 27.0 Å². The molecule has 3 aromatic carbocycles. The molecule has 25 heavy (non-hydrogen) atoms. The molecule has 4 heteroatoms. The Labute approximate surface area is 147 Å². The minimum absolute atomic E-state index is 1.03. The summed E-state index contributed by atoms with van der Waals surface area (Å²) in [5, 5.41) is 5.09. The van der Waals surface area contributed by atoms with Crippen LogP contribution in [0, 0.1) is 0 Å². The first kappa shape index (κ1) is 14.9. The van der Waals surface area contributed by atoms with Crippen molar-refractivity contribution in [2.75, 3.05) is 13.3 Å². The van der Waals surface area contributed by atoms with Gasteiger partial charge in [0.05, 0.1) is 0 Å². The quantitative estimate of drug-likeness (QED) is 0.249. The van der Waals surface area contributed by atoms with Crippen LogP contribution in [-0.4, -0.2) is 29.9 Å². The molecular formula is C21H18BN2P. The van der Waals surface area contributed by atoms with Gasteiger partial charge in [-0.1, -0.05) is 0 Å². The zero-order valence-electron chi connectivity index (χ0n) is 14.4. The number of rotatable bonds is 1. The Bertz CT molecular complexity index is 1340. The van der Waals surface area contributed by atoms with Crippen LogP contribution >= 0.6 is 6.75 Å². The van der Waals surface area contributed by atoms with Crippen molar-refractivity contribution in [2.45, 2.75) is 0 Å². The van der Waals surface area contributed by atoms with Gasteiger partial charge in [0.1, 0.15) is 0 Å². The van der Waals surface area contributed by atoms with Gasteiger partial charge in [0.15, 0.2) is 0 Å². The second kappa shape index (κ2) is 5.06. The summed E-state index contributed by atoms with van der Waals surface area (Å²) < 4.78 is 2.29. The minimum atomic E-state index is -1.32. The van der Waals surface area contributed by atoms with Crippen LogP contribution in [0.15, 0.2) is 66.7 Å². The second-order valence-electron chi connectivity index (χ2n) is 7.19. The van der Waals surface area contributed by atoms with Crippen molar-refractivity contribution in [3.05, 3.63) is 66.7 Å². The summed E-state index contributed by atoms with van der Waals surface area (Å²) in [6.45, 7) is 3.21. The Morgan fingerprint density at radius 3 is 2.32 bits per heavy atom. The predicted octanol–water partition coefficient (Wildman–Crippen LogP) is 4.51. The number of nitrogens with zero attached hydrogens (tertiary/aromatic N) is 2. The van der Waals surface area contributed by atoms with Gasteiger partial charge in [0.25, 0.3) is 0 Å². The van der Waals surface area contributed by atoms with Crippen LogP contribution in [0.3, 0.4) is 0 Å². The average molecular weight is 340 g/mol. The molecule has 0 fully saturated rings. The topological polar surface area (TPSA) is 17.3 Å². The first-order valence-electron chi connectivity index (χ1n) is 8.45. The molecule has 2 nitrogen and oxygen atoms in total. The molecule has 0 spiro atoms. The molecule has 2 heterocycles. The molecular weight excluding hydrogens is 322 g/mol. The summed E-state index contributed by atoms with van der Waals surface area (Å²) in [5.74, 6) is 0. The summed E-state index contributed by atoms with van der Waals surface area (Å²) in [5.41, 5.74) is 4.43. The van der Waals surface area contributed by atoms with E-state index < -0.39 is 6.75 Å². The average Bonchev–Trinajstić information content (AvgIpc) is 3.00. The van der Waals surface area contributed by atoms with Crippen molar-refractivity contribution in [1.29, 1.82) is 0 Å². The summed E-state index contributed by atoms with van der Waals surface area (Å²) in [4.78, 5) is 4.94. The third kappa shape index (κ3) is 2.12. The number of pyridine rings is 1. The molecule has 5 rings (SSSR count). The molecule has 0 N–H and O–H groups in total. The third-order valence-corrected chi connectivity index (χ3v) is 6.62. The molecule has 2 aromatic heterocycles. The van der Waals surface area contributed by atoms with Gasteiger partial charge in [-0.2, -0.15) is 0 Å². The van der Waals surface area contributed by atoms with Crippen LogP contribution in [0.5, 0.6) is 0 Å². The summed E-state index contributed by atoms with van der Waals surface area (Å²) in [6, 6.07) is 23.8. The van der Waals surface area contributed by atoms with Crippen LogP contribution in [0.25, 0.3) is 38.4 Å². The summed E-state index contributed by atoms with van der Waals surface area (Å²) >= 11 is 0. The van der Waals surface area contributed by atoms with Gasteiger partial charge in [-0.3, -0.25) is 0 Å². The zero-order chi connectivity index (χ0) is 17.2. The standard InChI is InChI=1S/C21H18BN2P/c1-25(2,22)14-11-12-16-17(13-14)15-7-3-5-9-19(15)24-20-10-6-4-8-18(20)23-21(16)24/h3-13,22H,1-2H3. The van der Waals surface area contributed by atoms with E-state index in [2.05, 4.69) is 85.6 Å². The zero-order valence-corrected chi connectivity index (χ0v) is 15.3. The van der Waals surface area contributed by atoms with E-state index in [1.54, 1.807) is 0 Å². The molecule has 5 aromatic rings. The van der Waals surface area contributed by atoms with Gasteiger partial charge in [0.2, 0.25) is 0 Å². The Kier molecular flexibility index (Phi) is 3.02. The van der Waals surface area contributed by atoms with Gasteiger partial charge in [-0.15, -0.1) is 0 Å². The fraction of sp³-hybridized carbons (Fsp3) is 0.0952. The van der Waals surface area contributed by atoms with E-state index in [-0.39, 0.29) is 0 Å². The van der Waals surface area contributed by atoms with Crippen molar-refractivity contribution in [2.24, 2.45) is 0 Å². The van der Waals surface area contributed by atoms with Crippen molar-refractivity contribution in [1.82, 2.24) is 9.38 Å². The molecule has 0 aliphatic heterocycles. The summed E-state index contributed by atoms with van der Waals surface area (Å²) in [6.07, 6.45) is 0. The number of imidazole rings is 1.